The van der Waals surface area contributed by atoms with Gasteiger partial charge in [-0.2, -0.15) is 0 Å². The monoisotopic (exact) mass is 401 g/mol. The highest BCUT2D eigenvalue weighted by atomic mass is 35.5. The van der Waals surface area contributed by atoms with Crippen LogP contribution in [0.25, 0.3) is 0 Å². The predicted octanol–water partition coefficient (Wildman–Crippen LogP) is 1.90. The first-order chi connectivity index (χ1) is 11.9. The van der Waals surface area contributed by atoms with Gasteiger partial charge in [0, 0.05) is 26.7 Å². The summed E-state index contributed by atoms with van der Waals surface area (Å²) < 4.78 is 26.0. The average molecular weight is 402 g/mol. The molecule has 0 bridgehead atoms. The molecule has 8 heteroatoms. The van der Waals surface area contributed by atoms with Crippen molar-refractivity contribution in [2.75, 3.05) is 14.1 Å². The summed E-state index contributed by atoms with van der Waals surface area (Å²) in [5, 5.41) is 6.37. The van der Waals surface area contributed by atoms with Gasteiger partial charge in [-0.15, -0.1) is 12.4 Å². The molecule has 6 nitrogen and oxygen atoms in total. The molecule has 3 atom stereocenters. The first-order valence-electron chi connectivity index (χ1n) is 8.94. The van der Waals surface area contributed by atoms with Crippen molar-refractivity contribution < 1.29 is 13.2 Å². The first kappa shape index (κ1) is 21.2. The number of sulfonamides is 1. The molecule has 146 valence electrons. The van der Waals surface area contributed by atoms with Gasteiger partial charge in [-0.25, -0.2) is 12.7 Å². The summed E-state index contributed by atoms with van der Waals surface area (Å²) >= 11 is 0. The zero-order valence-corrected chi connectivity index (χ0v) is 16.9. The van der Waals surface area contributed by atoms with E-state index in [0.717, 1.165) is 12.8 Å². The molecule has 1 aromatic rings. The maximum Gasteiger partial charge on any atom is 0.242 e. The lowest BCUT2D eigenvalue weighted by atomic mass is 9.85. The van der Waals surface area contributed by atoms with Crippen molar-refractivity contribution in [1.82, 2.24) is 14.9 Å². The van der Waals surface area contributed by atoms with E-state index >= 15 is 0 Å². The second-order valence-electron chi connectivity index (χ2n) is 7.22. The van der Waals surface area contributed by atoms with Crippen LogP contribution in [0.4, 0.5) is 0 Å². The molecular formula is C18H28ClN3O3S. The average Bonchev–Trinajstić information content (AvgIpc) is 3.04. The van der Waals surface area contributed by atoms with Crippen molar-refractivity contribution >= 4 is 28.3 Å². The summed E-state index contributed by atoms with van der Waals surface area (Å²) in [6.45, 7) is 0.218. The molecule has 1 heterocycles. The summed E-state index contributed by atoms with van der Waals surface area (Å²) in [4.78, 5) is 12.8. The van der Waals surface area contributed by atoms with Crippen molar-refractivity contribution in [3.63, 3.8) is 0 Å². The van der Waals surface area contributed by atoms with E-state index in [1.54, 1.807) is 24.3 Å². The number of carbonyl (C=O) groups excluding carboxylic acids is 1. The highest BCUT2D eigenvalue weighted by Gasteiger charge is 2.38. The van der Waals surface area contributed by atoms with Crippen molar-refractivity contribution in [3.8, 4) is 0 Å². The number of carbonyl (C=O) groups is 1. The number of halogens is 1. The lowest BCUT2D eigenvalue weighted by Gasteiger charge is -2.24. The van der Waals surface area contributed by atoms with E-state index in [9.17, 15) is 13.2 Å². The van der Waals surface area contributed by atoms with Gasteiger partial charge in [0.05, 0.1) is 10.9 Å². The van der Waals surface area contributed by atoms with Gasteiger partial charge in [-0.3, -0.25) is 4.79 Å². The molecule has 0 radical (unpaired) electrons. The van der Waals surface area contributed by atoms with Gasteiger partial charge in [-0.05, 0) is 36.8 Å². The minimum atomic E-state index is -3.53. The summed E-state index contributed by atoms with van der Waals surface area (Å²) in [5.41, 5.74) is 0.611. The van der Waals surface area contributed by atoms with Crippen molar-refractivity contribution in [1.29, 1.82) is 0 Å². The predicted molar refractivity (Wildman–Crippen MR) is 104 cm³/mol. The van der Waals surface area contributed by atoms with E-state index in [0.29, 0.717) is 17.5 Å². The molecule has 2 fully saturated rings. The molecule has 26 heavy (non-hydrogen) atoms. The van der Waals surface area contributed by atoms with Crippen LogP contribution in [0.5, 0.6) is 0 Å². The number of hydrogen-bond donors (Lipinski definition) is 2. The summed E-state index contributed by atoms with van der Waals surface area (Å²) in [6, 6.07) is 7.12. The van der Waals surface area contributed by atoms with Crippen LogP contribution in [0, 0.1) is 5.92 Å². The Bertz CT molecular complexity index is 725. The second-order valence-corrected chi connectivity index (χ2v) is 9.34. The fourth-order valence-electron chi connectivity index (χ4n) is 3.92. The molecule has 2 N–H and O–H groups in total. The Morgan fingerprint density at radius 1 is 1.23 bits per heavy atom. The highest BCUT2D eigenvalue weighted by Crippen LogP contribution is 2.33. The van der Waals surface area contributed by atoms with E-state index in [-0.39, 0.29) is 35.8 Å². The third kappa shape index (κ3) is 4.39. The van der Waals surface area contributed by atoms with Gasteiger partial charge in [0.1, 0.15) is 0 Å². The Balaban J connectivity index is 0.00000243. The number of nitrogens with one attached hydrogen (secondary N) is 2. The highest BCUT2D eigenvalue weighted by molar-refractivity contribution is 7.89. The number of benzene rings is 1. The van der Waals surface area contributed by atoms with Gasteiger partial charge in [-0.1, -0.05) is 31.0 Å². The number of rotatable bonds is 5. The number of amides is 1. The van der Waals surface area contributed by atoms with E-state index < -0.39 is 10.0 Å². The zero-order chi connectivity index (χ0) is 18.0. The Morgan fingerprint density at radius 2 is 1.92 bits per heavy atom. The smallest absolute Gasteiger partial charge is 0.242 e. The van der Waals surface area contributed by atoms with Crippen molar-refractivity contribution in [3.05, 3.63) is 29.8 Å². The molecule has 3 unspecified atom stereocenters. The Morgan fingerprint density at radius 3 is 2.62 bits per heavy atom. The van der Waals surface area contributed by atoms with Crippen LogP contribution < -0.4 is 10.6 Å². The molecule has 1 aliphatic carbocycles. The molecule has 1 aliphatic heterocycles. The molecule has 2 aliphatic rings. The lowest BCUT2D eigenvalue weighted by molar-refractivity contribution is -0.123. The molecule has 0 spiro atoms. The van der Waals surface area contributed by atoms with Crippen LogP contribution >= 0.6 is 12.4 Å². The number of nitrogens with zero attached hydrogens (tertiary/aromatic N) is 1. The standard InChI is InChI=1S/C18H27N3O3S.ClH/c1-21(2)25(23,24)17-10-6-4-8-14(17)12-19-18(22)16-11-13-7-3-5-9-15(13)20-16;/h4,6,8,10,13,15-16,20H,3,5,7,9,11-12H2,1-2H3,(H,19,22);1H. The maximum atomic E-state index is 12.5. The molecule has 1 aromatic carbocycles. The molecule has 0 aromatic heterocycles. The third-order valence-corrected chi connectivity index (χ3v) is 7.28. The minimum Gasteiger partial charge on any atom is -0.351 e. The lowest BCUT2D eigenvalue weighted by Crippen LogP contribution is -2.43. The molecule has 1 amide bonds. The summed E-state index contributed by atoms with van der Waals surface area (Å²) in [5.74, 6) is 0.567. The van der Waals surface area contributed by atoms with Gasteiger partial charge < -0.3 is 10.6 Å². The first-order valence-corrected chi connectivity index (χ1v) is 10.4. The van der Waals surface area contributed by atoms with Crippen LogP contribution in [0.1, 0.15) is 37.7 Å². The van der Waals surface area contributed by atoms with E-state index in [2.05, 4.69) is 10.6 Å². The van der Waals surface area contributed by atoms with Gasteiger partial charge >= 0.3 is 0 Å². The Kier molecular flexibility index (Phi) is 7.07. The van der Waals surface area contributed by atoms with Gasteiger partial charge in [0.25, 0.3) is 0 Å². The van der Waals surface area contributed by atoms with E-state index in [1.165, 1.54) is 37.7 Å². The van der Waals surface area contributed by atoms with Crippen LogP contribution in [-0.4, -0.2) is 44.8 Å². The minimum absolute atomic E-state index is 0. The zero-order valence-electron chi connectivity index (χ0n) is 15.3. The number of hydrogen-bond acceptors (Lipinski definition) is 4. The molecular weight excluding hydrogens is 374 g/mol. The Labute approximate surface area is 162 Å². The van der Waals surface area contributed by atoms with E-state index in [4.69, 9.17) is 0 Å². The number of fused-ring (bicyclic) bond motifs is 1. The summed E-state index contributed by atoms with van der Waals surface area (Å²) in [7, 11) is -0.508. The van der Waals surface area contributed by atoms with Crippen LogP contribution in [0.2, 0.25) is 0 Å². The normalized spacial score (nSPS) is 25.4. The second kappa shape index (κ2) is 8.69. The van der Waals surface area contributed by atoms with Gasteiger partial charge in [0.2, 0.25) is 15.9 Å². The fraction of sp³-hybridized carbons (Fsp3) is 0.611. The maximum absolute atomic E-state index is 12.5. The largest absolute Gasteiger partial charge is 0.351 e. The third-order valence-electron chi connectivity index (χ3n) is 5.36. The SMILES string of the molecule is CN(C)S(=O)(=O)c1ccccc1CNC(=O)C1CC2CCCCC2N1.Cl. The Hall–Kier alpha value is -1.15. The van der Waals surface area contributed by atoms with Crippen molar-refractivity contribution in [2.24, 2.45) is 5.92 Å². The van der Waals surface area contributed by atoms with Crippen LogP contribution in [-0.2, 0) is 21.4 Å². The van der Waals surface area contributed by atoms with Crippen LogP contribution in [0.3, 0.4) is 0 Å². The van der Waals surface area contributed by atoms with Gasteiger partial charge in [0.15, 0.2) is 0 Å². The summed E-state index contributed by atoms with van der Waals surface area (Å²) in [6.07, 6.45) is 5.73. The quantitative estimate of drug-likeness (QED) is 0.789. The van der Waals surface area contributed by atoms with Crippen molar-refractivity contribution in [2.45, 2.75) is 55.6 Å². The van der Waals surface area contributed by atoms with Crippen LogP contribution in [0.15, 0.2) is 29.2 Å². The topological polar surface area (TPSA) is 78.5 Å². The molecule has 1 saturated carbocycles. The molecule has 1 saturated heterocycles. The van der Waals surface area contributed by atoms with E-state index in [1.807, 2.05) is 0 Å². The fourth-order valence-corrected chi connectivity index (χ4v) is 5.04. The molecule has 3 rings (SSSR count).